The first-order chi connectivity index (χ1) is 7.81. The summed E-state index contributed by atoms with van der Waals surface area (Å²) in [6.07, 6.45) is 5.39. The van der Waals surface area contributed by atoms with E-state index in [0.717, 1.165) is 24.8 Å². The first-order valence-corrected chi connectivity index (χ1v) is 6.30. The average Bonchev–Trinajstić information content (AvgIpc) is 2.90. The van der Waals surface area contributed by atoms with Crippen LogP contribution < -0.4 is 5.32 Å². The van der Waals surface area contributed by atoms with E-state index in [4.69, 9.17) is 0 Å². The summed E-state index contributed by atoms with van der Waals surface area (Å²) in [7, 11) is 0. The van der Waals surface area contributed by atoms with Gasteiger partial charge < -0.3 is 5.32 Å². The summed E-state index contributed by atoms with van der Waals surface area (Å²) in [6.45, 7) is 6.14. The molecule has 2 rings (SSSR count). The van der Waals surface area contributed by atoms with Gasteiger partial charge in [0.1, 0.15) is 0 Å². The Hall–Kier alpha value is -0.970. The molecule has 1 heterocycles. The van der Waals surface area contributed by atoms with E-state index in [1.54, 1.807) is 0 Å². The van der Waals surface area contributed by atoms with Gasteiger partial charge in [-0.2, -0.15) is 0 Å². The van der Waals surface area contributed by atoms with E-state index in [-0.39, 0.29) is 6.04 Å². The Bertz CT molecular complexity index is 316. The van der Waals surface area contributed by atoms with Gasteiger partial charge in [0.25, 0.3) is 0 Å². The standard InChI is InChI=1S/C11H21N5/c1-3-12-9(2)11-13-14-15-16(11)8-10-6-4-5-7-10/h9-10,12H,3-8H2,1-2H3. The van der Waals surface area contributed by atoms with E-state index < -0.39 is 0 Å². The minimum atomic E-state index is 0.237. The molecule has 1 aliphatic carbocycles. The maximum atomic E-state index is 4.12. The van der Waals surface area contributed by atoms with Gasteiger partial charge in [0.15, 0.2) is 5.82 Å². The van der Waals surface area contributed by atoms with Crippen molar-refractivity contribution in [2.45, 2.75) is 52.1 Å². The van der Waals surface area contributed by atoms with Gasteiger partial charge >= 0.3 is 0 Å². The number of hydrogen-bond donors (Lipinski definition) is 1. The van der Waals surface area contributed by atoms with E-state index in [9.17, 15) is 0 Å². The number of rotatable bonds is 5. The van der Waals surface area contributed by atoms with Crippen molar-refractivity contribution in [1.29, 1.82) is 0 Å². The van der Waals surface area contributed by atoms with Crippen molar-refractivity contribution < 1.29 is 0 Å². The number of nitrogens with one attached hydrogen (secondary N) is 1. The maximum Gasteiger partial charge on any atom is 0.167 e. The first-order valence-electron chi connectivity index (χ1n) is 6.30. The fourth-order valence-electron chi connectivity index (χ4n) is 2.49. The lowest BCUT2D eigenvalue weighted by Gasteiger charge is -2.14. The molecule has 0 saturated heterocycles. The second kappa shape index (κ2) is 5.39. The van der Waals surface area contributed by atoms with Gasteiger partial charge in [-0.15, -0.1) is 5.10 Å². The van der Waals surface area contributed by atoms with Crippen molar-refractivity contribution in [1.82, 2.24) is 25.5 Å². The van der Waals surface area contributed by atoms with Crippen LogP contribution in [0.5, 0.6) is 0 Å². The van der Waals surface area contributed by atoms with Crippen molar-refractivity contribution in [3.05, 3.63) is 5.82 Å². The molecule has 0 spiro atoms. The lowest BCUT2D eigenvalue weighted by atomic mass is 10.1. The topological polar surface area (TPSA) is 55.6 Å². The van der Waals surface area contributed by atoms with E-state index in [1.165, 1.54) is 25.7 Å². The Labute approximate surface area is 96.6 Å². The molecule has 1 aliphatic rings. The van der Waals surface area contributed by atoms with Crippen molar-refractivity contribution in [3.63, 3.8) is 0 Å². The van der Waals surface area contributed by atoms with Gasteiger partial charge in [0.05, 0.1) is 6.04 Å². The molecule has 90 valence electrons. The Morgan fingerprint density at radius 2 is 2.19 bits per heavy atom. The summed E-state index contributed by atoms with van der Waals surface area (Å²) in [4.78, 5) is 0. The number of tetrazole rings is 1. The smallest absolute Gasteiger partial charge is 0.167 e. The molecule has 0 amide bonds. The zero-order valence-corrected chi connectivity index (χ0v) is 10.2. The highest BCUT2D eigenvalue weighted by atomic mass is 15.5. The minimum absolute atomic E-state index is 0.237. The molecule has 16 heavy (non-hydrogen) atoms. The largest absolute Gasteiger partial charge is 0.308 e. The summed E-state index contributed by atoms with van der Waals surface area (Å²) in [6, 6.07) is 0.237. The summed E-state index contributed by atoms with van der Waals surface area (Å²) in [5, 5.41) is 15.4. The van der Waals surface area contributed by atoms with Crippen LogP contribution >= 0.6 is 0 Å². The van der Waals surface area contributed by atoms with E-state index in [2.05, 4.69) is 34.7 Å². The Kier molecular flexibility index (Phi) is 3.88. The van der Waals surface area contributed by atoms with Crippen LogP contribution in [0, 0.1) is 5.92 Å². The normalized spacial score (nSPS) is 19.1. The Balaban J connectivity index is 2.00. The zero-order valence-electron chi connectivity index (χ0n) is 10.2. The van der Waals surface area contributed by atoms with E-state index >= 15 is 0 Å². The van der Waals surface area contributed by atoms with Crippen LogP contribution in [0.2, 0.25) is 0 Å². The molecule has 0 radical (unpaired) electrons. The summed E-state index contributed by atoms with van der Waals surface area (Å²) >= 11 is 0. The summed E-state index contributed by atoms with van der Waals surface area (Å²) in [5.74, 6) is 1.74. The summed E-state index contributed by atoms with van der Waals surface area (Å²) in [5.41, 5.74) is 0. The predicted octanol–water partition coefficient (Wildman–Crippen LogP) is 1.53. The predicted molar refractivity (Wildman–Crippen MR) is 61.9 cm³/mol. The molecule has 5 heteroatoms. The molecule has 1 atom stereocenters. The minimum Gasteiger partial charge on any atom is -0.308 e. The fourth-order valence-corrected chi connectivity index (χ4v) is 2.49. The number of nitrogens with zero attached hydrogens (tertiary/aromatic N) is 4. The highest BCUT2D eigenvalue weighted by Gasteiger charge is 2.20. The van der Waals surface area contributed by atoms with Crippen molar-refractivity contribution in [3.8, 4) is 0 Å². The molecule has 1 N–H and O–H groups in total. The molecule has 0 aliphatic heterocycles. The van der Waals surface area contributed by atoms with Crippen molar-refractivity contribution in [2.75, 3.05) is 6.54 Å². The molecule has 1 saturated carbocycles. The molecule has 0 aromatic carbocycles. The van der Waals surface area contributed by atoms with Gasteiger partial charge in [-0.3, -0.25) is 0 Å². The van der Waals surface area contributed by atoms with Crippen LogP contribution in [-0.2, 0) is 6.54 Å². The van der Waals surface area contributed by atoms with Gasteiger partial charge in [-0.05, 0) is 42.7 Å². The molecule has 1 unspecified atom stereocenters. The van der Waals surface area contributed by atoms with Crippen LogP contribution in [-0.4, -0.2) is 26.8 Å². The lowest BCUT2D eigenvalue weighted by molar-refractivity contribution is 0.397. The highest BCUT2D eigenvalue weighted by molar-refractivity contribution is 4.90. The monoisotopic (exact) mass is 223 g/mol. The zero-order chi connectivity index (χ0) is 11.4. The third-order valence-corrected chi connectivity index (χ3v) is 3.36. The van der Waals surface area contributed by atoms with Crippen LogP contribution in [0.4, 0.5) is 0 Å². The van der Waals surface area contributed by atoms with Crippen LogP contribution in [0.3, 0.4) is 0 Å². The molecule has 5 nitrogen and oxygen atoms in total. The second-order valence-corrected chi connectivity index (χ2v) is 4.65. The maximum absolute atomic E-state index is 4.12. The molecular weight excluding hydrogens is 202 g/mol. The lowest BCUT2D eigenvalue weighted by Crippen LogP contribution is -2.23. The van der Waals surface area contributed by atoms with Gasteiger partial charge in [-0.25, -0.2) is 4.68 Å². The number of aromatic nitrogens is 4. The molecule has 0 bridgehead atoms. The van der Waals surface area contributed by atoms with Crippen LogP contribution in [0.25, 0.3) is 0 Å². The van der Waals surface area contributed by atoms with Gasteiger partial charge in [0.2, 0.25) is 0 Å². The Morgan fingerprint density at radius 1 is 1.44 bits per heavy atom. The third-order valence-electron chi connectivity index (χ3n) is 3.36. The van der Waals surface area contributed by atoms with Crippen LogP contribution in [0.15, 0.2) is 0 Å². The SMILES string of the molecule is CCNC(C)c1nnnn1CC1CCCC1. The third kappa shape index (κ3) is 2.58. The van der Waals surface area contributed by atoms with Crippen molar-refractivity contribution in [2.24, 2.45) is 5.92 Å². The van der Waals surface area contributed by atoms with Gasteiger partial charge in [-0.1, -0.05) is 19.8 Å². The highest BCUT2D eigenvalue weighted by Crippen LogP contribution is 2.26. The first kappa shape index (κ1) is 11.5. The molecular formula is C11H21N5. The molecule has 1 aromatic heterocycles. The fraction of sp³-hybridized carbons (Fsp3) is 0.909. The average molecular weight is 223 g/mol. The van der Waals surface area contributed by atoms with E-state index in [1.807, 2.05) is 4.68 Å². The Morgan fingerprint density at radius 3 is 2.88 bits per heavy atom. The van der Waals surface area contributed by atoms with Crippen molar-refractivity contribution >= 4 is 0 Å². The van der Waals surface area contributed by atoms with Gasteiger partial charge in [0, 0.05) is 6.54 Å². The molecule has 1 fully saturated rings. The quantitative estimate of drug-likeness (QED) is 0.822. The second-order valence-electron chi connectivity index (χ2n) is 4.65. The molecule has 1 aromatic rings. The summed E-state index contributed by atoms with van der Waals surface area (Å²) < 4.78 is 1.98. The van der Waals surface area contributed by atoms with Crippen LogP contribution in [0.1, 0.15) is 51.4 Å². The van der Waals surface area contributed by atoms with E-state index in [0.29, 0.717) is 0 Å². The number of hydrogen-bond acceptors (Lipinski definition) is 4.